The lowest BCUT2D eigenvalue weighted by Gasteiger charge is -2.09. The Labute approximate surface area is 165 Å². The van der Waals surface area contributed by atoms with E-state index in [-0.39, 0.29) is 0 Å². The van der Waals surface area contributed by atoms with Gasteiger partial charge in [0, 0.05) is 10.9 Å². The van der Waals surface area contributed by atoms with Crippen LogP contribution >= 0.6 is 15.9 Å². The molecule has 0 aliphatic heterocycles. The van der Waals surface area contributed by atoms with Crippen LogP contribution in [0.1, 0.15) is 0 Å². The maximum Gasteiger partial charge on any atom is 0.197 e. The van der Waals surface area contributed by atoms with Crippen LogP contribution in [0.3, 0.4) is 0 Å². The zero-order chi connectivity index (χ0) is 18.2. The Balaban J connectivity index is 1.64. The van der Waals surface area contributed by atoms with Gasteiger partial charge in [-0.25, -0.2) is 9.97 Å². The molecule has 0 radical (unpaired) electrons. The van der Waals surface area contributed by atoms with Gasteiger partial charge >= 0.3 is 0 Å². The average molecular weight is 411 g/mol. The first kappa shape index (κ1) is 16.2. The van der Waals surface area contributed by atoms with Crippen molar-refractivity contribution in [2.24, 2.45) is 0 Å². The van der Waals surface area contributed by atoms with Crippen molar-refractivity contribution in [3.8, 4) is 22.4 Å². The molecule has 0 spiro atoms. The smallest absolute Gasteiger partial charge is 0.197 e. The van der Waals surface area contributed by atoms with E-state index >= 15 is 0 Å². The van der Waals surface area contributed by atoms with Gasteiger partial charge in [0.25, 0.3) is 0 Å². The number of halogens is 1. The number of fused-ring (bicyclic) bond motifs is 2. The fraction of sp³-hybridized carbons (Fsp3) is 0. The standard InChI is InChI=1S/C24H15BrN2/c25-24-26-22-11-4-3-9-21(22)23(27-24)18-14-12-17(13-15-18)20-10-5-7-16-6-1-2-8-19(16)20/h1-15H. The summed E-state index contributed by atoms with van der Waals surface area (Å²) in [6.07, 6.45) is 0. The van der Waals surface area contributed by atoms with Gasteiger partial charge in [-0.3, -0.25) is 0 Å². The van der Waals surface area contributed by atoms with Crippen LogP contribution in [-0.2, 0) is 0 Å². The van der Waals surface area contributed by atoms with E-state index in [4.69, 9.17) is 0 Å². The van der Waals surface area contributed by atoms with Gasteiger partial charge in [-0.15, -0.1) is 0 Å². The van der Waals surface area contributed by atoms with Gasteiger partial charge in [0.2, 0.25) is 0 Å². The Morgan fingerprint density at radius 1 is 0.556 bits per heavy atom. The maximum atomic E-state index is 4.63. The highest BCUT2D eigenvalue weighted by Crippen LogP contribution is 2.32. The van der Waals surface area contributed by atoms with Crippen molar-refractivity contribution in [3.63, 3.8) is 0 Å². The molecule has 0 atom stereocenters. The van der Waals surface area contributed by atoms with E-state index in [0.29, 0.717) is 4.73 Å². The van der Waals surface area contributed by atoms with Gasteiger partial charge in [0.05, 0.1) is 11.2 Å². The first-order valence-electron chi connectivity index (χ1n) is 8.80. The molecular formula is C24H15BrN2. The molecule has 3 heteroatoms. The number of nitrogens with zero attached hydrogens (tertiary/aromatic N) is 2. The fourth-order valence-electron chi connectivity index (χ4n) is 3.55. The summed E-state index contributed by atoms with van der Waals surface area (Å²) in [6, 6.07) is 31.6. The van der Waals surface area contributed by atoms with Crippen LogP contribution in [0.5, 0.6) is 0 Å². The first-order valence-corrected chi connectivity index (χ1v) is 9.60. The van der Waals surface area contributed by atoms with Crippen LogP contribution in [0.4, 0.5) is 0 Å². The molecule has 5 aromatic rings. The second-order valence-electron chi connectivity index (χ2n) is 6.46. The molecule has 2 nitrogen and oxygen atoms in total. The van der Waals surface area contributed by atoms with Gasteiger partial charge in [0.1, 0.15) is 0 Å². The second kappa shape index (κ2) is 6.60. The van der Waals surface area contributed by atoms with Crippen molar-refractivity contribution in [1.29, 1.82) is 0 Å². The molecule has 1 heterocycles. The molecule has 4 aromatic carbocycles. The lowest BCUT2D eigenvalue weighted by Crippen LogP contribution is -1.91. The van der Waals surface area contributed by atoms with Crippen LogP contribution < -0.4 is 0 Å². The highest BCUT2D eigenvalue weighted by Gasteiger charge is 2.09. The normalized spacial score (nSPS) is 11.1. The maximum absolute atomic E-state index is 4.63. The van der Waals surface area contributed by atoms with E-state index in [1.54, 1.807) is 0 Å². The minimum Gasteiger partial charge on any atom is -0.222 e. The third-order valence-corrected chi connectivity index (χ3v) is 5.19. The zero-order valence-corrected chi connectivity index (χ0v) is 16.0. The van der Waals surface area contributed by atoms with E-state index in [0.717, 1.165) is 22.2 Å². The summed E-state index contributed by atoms with van der Waals surface area (Å²) in [5.41, 5.74) is 5.41. The number of benzene rings is 4. The first-order chi connectivity index (χ1) is 13.3. The summed E-state index contributed by atoms with van der Waals surface area (Å²) in [5, 5.41) is 3.58. The predicted molar refractivity (Wildman–Crippen MR) is 116 cm³/mol. The van der Waals surface area contributed by atoms with Crippen molar-refractivity contribution in [1.82, 2.24) is 9.97 Å². The van der Waals surface area contributed by atoms with Gasteiger partial charge < -0.3 is 0 Å². The summed E-state index contributed by atoms with van der Waals surface area (Å²) >= 11 is 3.44. The van der Waals surface area contributed by atoms with Crippen molar-refractivity contribution in [2.75, 3.05) is 0 Å². The minimum absolute atomic E-state index is 0.606. The third kappa shape index (κ3) is 2.90. The van der Waals surface area contributed by atoms with Crippen LogP contribution in [0.15, 0.2) is 95.7 Å². The van der Waals surface area contributed by atoms with Gasteiger partial charge in [0.15, 0.2) is 4.73 Å². The molecule has 5 rings (SSSR count). The largest absolute Gasteiger partial charge is 0.222 e. The Morgan fingerprint density at radius 2 is 1.22 bits per heavy atom. The summed E-state index contributed by atoms with van der Waals surface area (Å²) in [7, 11) is 0. The number of hydrogen-bond donors (Lipinski definition) is 0. The summed E-state index contributed by atoms with van der Waals surface area (Å²) in [6.45, 7) is 0. The van der Waals surface area contributed by atoms with E-state index in [2.05, 4.69) is 98.7 Å². The van der Waals surface area contributed by atoms with Crippen molar-refractivity contribution in [2.45, 2.75) is 0 Å². The molecular weight excluding hydrogens is 396 g/mol. The van der Waals surface area contributed by atoms with E-state index in [9.17, 15) is 0 Å². The Morgan fingerprint density at radius 3 is 2.07 bits per heavy atom. The molecule has 0 fully saturated rings. The van der Waals surface area contributed by atoms with Crippen LogP contribution in [0.2, 0.25) is 0 Å². The molecule has 0 amide bonds. The molecule has 0 saturated carbocycles. The molecule has 128 valence electrons. The Hall–Kier alpha value is -3.04. The molecule has 27 heavy (non-hydrogen) atoms. The third-order valence-electron chi connectivity index (χ3n) is 4.83. The van der Waals surface area contributed by atoms with Crippen LogP contribution in [0, 0.1) is 0 Å². The van der Waals surface area contributed by atoms with Crippen molar-refractivity contribution >= 4 is 37.6 Å². The molecule has 0 unspecified atom stereocenters. The monoisotopic (exact) mass is 410 g/mol. The number of rotatable bonds is 2. The van der Waals surface area contributed by atoms with Crippen molar-refractivity contribution < 1.29 is 0 Å². The average Bonchev–Trinajstić information content (AvgIpc) is 2.73. The quantitative estimate of drug-likeness (QED) is 0.296. The topological polar surface area (TPSA) is 25.8 Å². The summed E-state index contributed by atoms with van der Waals surface area (Å²) < 4.78 is 0.606. The molecule has 0 saturated heterocycles. The summed E-state index contributed by atoms with van der Waals surface area (Å²) in [4.78, 5) is 9.10. The lowest BCUT2D eigenvalue weighted by molar-refractivity contribution is 1.16. The Bertz CT molecular complexity index is 1270. The SMILES string of the molecule is Brc1nc(-c2ccc(-c3cccc4ccccc34)cc2)c2ccccc2n1. The molecule has 0 bridgehead atoms. The molecule has 1 aromatic heterocycles. The number of aromatic nitrogens is 2. The molecule has 0 aliphatic carbocycles. The summed E-state index contributed by atoms with van der Waals surface area (Å²) in [5.74, 6) is 0. The van der Waals surface area contributed by atoms with Crippen LogP contribution in [0.25, 0.3) is 44.1 Å². The Kier molecular flexibility index (Phi) is 3.95. The second-order valence-corrected chi connectivity index (χ2v) is 7.17. The minimum atomic E-state index is 0.606. The van der Waals surface area contributed by atoms with E-state index in [1.807, 2.05) is 18.2 Å². The predicted octanol–water partition coefficient (Wildman–Crippen LogP) is 6.88. The van der Waals surface area contributed by atoms with E-state index < -0.39 is 0 Å². The highest BCUT2D eigenvalue weighted by molar-refractivity contribution is 9.10. The van der Waals surface area contributed by atoms with Gasteiger partial charge in [-0.2, -0.15) is 0 Å². The molecule has 0 aliphatic rings. The highest BCUT2D eigenvalue weighted by atomic mass is 79.9. The molecule has 0 N–H and O–H groups in total. The van der Waals surface area contributed by atoms with Crippen LogP contribution in [-0.4, -0.2) is 9.97 Å². The zero-order valence-electron chi connectivity index (χ0n) is 14.4. The fourth-order valence-corrected chi connectivity index (χ4v) is 3.92. The van der Waals surface area contributed by atoms with E-state index in [1.165, 1.54) is 21.9 Å². The lowest BCUT2D eigenvalue weighted by atomic mass is 9.96. The van der Waals surface area contributed by atoms with Gasteiger partial charge in [-0.05, 0) is 43.9 Å². The van der Waals surface area contributed by atoms with Crippen molar-refractivity contribution in [3.05, 3.63) is 95.7 Å². The number of para-hydroxylation sites is 1. The van der Waals surface area contributed by atoms with Gasteiger partial charge in [-0.1, -0.05) is 84.9 Å². The number of hydrogen-bond acceptors (Lipinski definition) is 2.